The minimum absolute atomic E-state index is 0.0749. The van der Waals surface area contributed by atoms with Crippen molar-refractivity contribution in [3.05, 3.63) is 59.4 Å². The Labute approximate surface area is 106 Å². The summed E-state index contributed by atoms with van der Waals surface area (Å²) in [5.41, 5.74) is -0.349. The molecule has 0 saturated heterocycles. The van der Waals surface area contributed by atoms with E-state index >= 15 is 0 Å². The lowest BCUT2D eigenvalue weighted by atomic mass is 10.00. The molecule has 0 fully saturated rings. The Morgan fingerprint density at radius 1 is 0.895 bits per heavy atom. The van der Waals surface area contributed by atoms with Gasteiger partial charge in [-0.25, -0.2) is 4.39 Å². The molecule has 0 heterocycles. The van der Waals surface area contributed by atoms with Gasteiger partial charge in [0.25, 0.3) is 0 Å². The van der Waals surface area contributed by atoms with Gasteiger partial charge in [0.1, 0.15) is 12.1 Å². The van der Waals surface area contributed by atoms with Crippen LogP contribution in [-0.4, -0.2) is 6.29 Å². The van der Waals surface area contributed by atoms with Crippen LogP contribution < -0.4 is 0 Å². The van der Waals surface area contributed by atoms with Crippen LogP contribution in [0.5, 0.6) is 0 Å². The van der Waals surface area contributed by atoms with E-state index in [2.05, 4.69) is 0 Å². The zero-order chi connectivity index (χ0) is 14.0. The normalized spacial score (nSPS) is 11.4. The number of hydrogen-bond donors (Lipinski definition) is 0. The molecule has 0 saturated carbocycles. The standard InChI is InChI=1S/C14H8F4O/c15-13-3-1-10(2-4-13)11-5-9(8-19)6-12(7-11)14(16,17)18/h1-8H. The van der Waals surface area contributed by atoms with E-state index < -0.39 is 17.6 Å². The van der Waals surface area contributed by atoms with Crippen LogP contribution in [0, 0.1) is 5.82 Å². The molecule has 0 aromatic heterocycles. The first kappa shape index (κ1) is 13.3. The Hall–Kier alpha value is -2.17. The minimum atomic E-state index is -4.53. The van der Waals surface area contributed by atoms with Gasteiger partial charge in [-0.1, -0.05) is 12.1 Å². The third-order valence-corrected chi connectivity index (χ3v) is 2.60. The fourth-order valence-corrected chi connectivity index (χ4v) is 1.69. The highest BCUT2D eigenvalue weighted by molar-refractivity contribution is 5.79. The quantitative estimate of drug-likeness (QED) is 0.585. The molecular weight excluding hydrogens is 260 g/mol. The molecule has 0 aliphatic heterocycles. The third kappa shape index (κ3) is 2.99. The minimum Gasteiger partial charge on any atom is -0.298 e. The van der Waals surface area contributed by atoms with Gasteiger partial charge < -0.3 is 0 Å². The summed E-state index contributed by atoms with van der Waals surface area (Å²) in [6.45, 7) is 0. The van der Waals surface area contributed by atoms with Gasteiger partial charge in [0.2, 0.25) is 0 Å². The van der Waals surface area contributed by atoms with Crippen LogP contribution in [0.4, 0.5) is 17.6 Å². The Kier molecular flexibility index (Phi) is 3.38. The van der Waals surface area contributed by atoms with Gasteiger partial charge in [-0.15, -0.1) is 0 Å². The molecular formula is C14H8F4O. The van der Waals surface area contributed by atoms with Crippen LogP contribution in [0.25, 0.3) is 11.1 Å². The number of halogens is 4. The van der Waals surface area contributed by atoms with Gasteiger partial charge in [-0.3, -0.25) is 4.79 Å². The van der Waals surface area contributed by atoms with Crippen molar-refractivity contribution >= 4 is 6.29 Å². The highest BCUT2D eigenvalue weighted by Crippen LogP contribution is 2.33. The maximum absolute atomic E-state index is 12.8. The van der Waals surface area contributed by atoms with E-state index in [4.69, 9.17) is 0 Å². The number of hydrogen-bond acceptors (Lipinski definition) is 1. The summed E-state index contributed by atoms with van der Waals surface area (Å²) in [6.07, 6.45) is -4.18. The maximum atomic E-state index is 12.8. The van der Waals surface area contributed by atoms with Gasteiger partial charge in [-0.05, 0) is 41.5 Å². The predicted octanol–water partition coefficient (Wildman–Crippen LogP) is 4.32. The summed E-state index contributed by atoms with van der Waals surface area (Å²) in [5.74, 6) is -0.480. The number of carbonyl (C=O) groups is 1. The molecule has 1 nitrogen and oxygen atoms in total. The Morgan fingerprint density at radius 3 is 2.05 bits per heavy atom. The number of carbonyl (C=O) groups excluding carboxylic acids is 1. The van der Waals surface area contributed by atoms with Gasteiger partial charge in [0, 0.05) is 5.56 Å². The second-order valence-corrected chi connectivity index (χ2v) is 3.97. The van der Waals surface area contributed by atoms with Crippen LogP contribution in [-0.2, 0) is 6.18 Å². The van der Waals surface area contributed by atoms with E-state index in [-0.39, 0.29) is 11.1 Å². The van der Waals surface area contributed by atoms with Crippen molar-refractivity contribution in [1.29, 1.82) is 0 Å². The van der Waals surface area contributed by atoms with Crippen molar-refractivity contribution in [2.24, 2.45) is 0 Å². The van der Waals surface area contributed by atoms with Crippen molar-refractivity contribution in [2.45, 2.75) is 6.18 Å². The van der Waals surface area contributed by atoms with E-state index in [1.807, 2.05) is 0 Å². The molecule has 19 heavy (non-hydrogen) atoms. The van der Waals surface area contributed by atoms with E-state index in [0.29, 0.717) is 11.8 Å². The summed E-state index contributed by atoms with van der Waals surface area (Å²) in [7, 11) is 0. The van der Waals surface area contributed by atoms with Gasteiger partial charge in [-0.2, -0.15) is 13.2 Å². The maximum Gasteiger partial charge on any atom is 0.416 e. The van der Waals surface area contributed by atoms with E-state index in [1.54, 1.807) is 0 Å². The van der Waals surface area contributed by atoms with Crippen molar-refractivity contribution in [1.82, 2.24) is 0 Å². The molecule has 0 amide bonds. The first-order valence-corrected chi connectivity index (χ1v) is 5.33. The molecule has 5 heteroatoms. The molecule has 0 spiro atoms. The summed E-state index contributed by atoms with van der Waals surface area (Å²) in [4.78, 5) is 10.7. The molecule has 2 aromatic rings. The highest BCUT2D eigenvalue weighted by atomic mass is 19.4. The number of alkyl halides is 3. The monoisotopic (exact) mass is 268 g/mol. The van der Waals surface area contributed by atoms with Crippen LogP contribution in [0.3, 0.4) is 0 Å². The van der Waals surface area contributed by atoms with Crippen molar-refractivity contribution in [2.75, 3.05) is 0 Å². The van der Waals surface area contributed by atoms with Crippen LogP contribution >= 0.6 is 0 Å². The summed E-state index contributed by atoms with van der Waals surface area (Å²) >= 11 is 0. The first-order valence-electron chi connectivity index (χ1n) is 5.33. The lowest BCUT2D eigenvalue weighted by Crippen LogP contribution is -2.06. The zero-order valence-corrected chi connectivity index (χ0v) is 9.54. The number of benzene rings is 2. The van der Waals surface area contributed by atoms with E-state index in [9.17, 15) is 22.4 Å². The molecule has 0 radical (unpaired) electrons. The number of aldehydes is 1. The van der Waals surface area contributed by atoms with Crippen molar-refractivity contribution in [3.8, 4) is 11.1 Å². The lowest BCUT2D eigenvalue weighted by molar-refractivity contribution is -0.137. The van der Waals surface area contributed by atoms with Crippen molar-refractivity contribution in [3.63, 3.8) is 0 Å². The zero-order valence-electron chi connectivity index (χ0n) is 9.54. The average Bonchev–Trinajstić information content (AvgIpc) is 2.38. The molecule has 98 valence electrons. The molecule has 0 aliphatic rings. The summed E-state index contributed by atoms with van der Waals surface area (Å²) < 4.78 is 50.8. The SMILES string of the molecule is O=Cc1cc(-c2ccc(F)cc2)cc(C(F)(F)F)c1. The second-order valence-electron chi connectivity index (χ2n) is 3.97. The molecule has 0 bridgehead atoms. The summed E-state index contributed by atoms with van der Waals surface area (Å²) in [6, 6.07) is 8.06. The molecule has 0 aliphatic carbocycles. The molecule has 2 rings (SSSR count). The second kappa shape index (κ2) is 4.84. The largest absolute Gasteiger partial charge is 0.416 e. The number of rotatable bonds is 2. The molecule has 0 unspecified atom stereocenters. The van der Waals surface area contributed by atoms with Crippen molar-refractivity contribution < 1.29 is 22.4 Å². The van der Waals surface area contributed by atoms with Gasteiger partial charge >= 0.3 is 6.18 Å². The molecule has 2 aromatic carbocycles. The Bertz CT molecular complexity index is 600. The Morgan fingerprint density at radius 2 is 1.53 bits per heavy atom. The van der Waals surface area contributed by atoms with Gasteiger partial charge in [0.05, 0.1) is 5.56 Å². The third-order valence-electron chi connectivity index (χ3n) is 2.60. The fourth-order valence-electron chi connectivity index (χ4n) is 1.69. The average molecular weight is 268 g/mol. The van der Waals surface area contributed by atoms with E-state index in [1.165, 1.54) is 18.2 Å². The van der Waals surface area contributed by atoms with Crippen LogP contribution in [0.15, 0.2) is 42.5 Å². The summed E-state index contributed by atoms with van der Waals surface area (Å²) in [5, 5.41) is 0. The van der Waals surface area contributed by atoms with E-state index in [0.717, 1.165) is 24.3 Å². The Balaban J connectivity index is 2.57. The van der Waals surface area contributed by atoms with Crippen LogP contribution in [0.1, 0.15) is 15.9 Å². The first-order chi connectivity index (χ1) is 8.90. The smallest absolute Gasteiger partial charge is 0.298 e. The van der Waals surface area contributed by atoms with Crippen LogP contribution in [0.2, 0.25) is 0 Å². The topological polar surface area (TPSA) is 17.1 Å². The highest BCUT2D eigenvalue weighted by Gasteiger charge is 2.31. The lowest BCUT2D eigenvalue weighted by Gasteiger charge is -2.10. The molecule has 0 N–H and O–H groups in total. The van der Waals surface area contributed by atoms with Gasteiger partial charge in [0.15, 0.2) is 0 Å². The molecule has 0 atom stereocenters. The fraction of sp³-hybridized carbons (Fsp3) is 0.0714. The predicted molar refractivity (Wildman–Crippen MR) is 62.2 cm³/mol.